The van der Waals surface area contributed by atoms with E-state index in [1.807, 2.05) is 58.9 Å². The fraction of sp³-hybridized carbons (Fsp3) is 0.407. The van der Waals surface area contributed by atoms with Crippen LogP contribution in [-0.4, -0.2) is 64.8 Å². The molecule has 37 heavy (non-hydrogen) atoms. The van der Waals surface area contributed by atoms with Gasteiger partial charge in [-0.15, -0.1) is 0 Å². The first-order valence-corrected chi connectivity index (χ1v) is 12.3. The van der Waals surface area contributed by atoms with Gasteiger partial charge in [0.05, 0.1) is 7.11 Å². The molecule has 3 aromatic rings. The smallest absolute Gasteiger partial charge is 0.410 e. The van der Waals surface area contributed by atoms with E-state index in [0.29, 0.717) is 44.0 Å². The third-order valence-corrected chi connectivity index (χ3v) is 5.82. The zero-order valence-corrected chi connectivity index (χ0v) is 22.3. The van der Waals surface area contributed by atoms with Gasteiger partial charge >= 0.3 is 6.09 Å². The molecular formula is C27H35N7O3. The Hall–Kier alpha value is -4.08. The molecule has 0 spiro atoms. The topological polar surface area (TPSA) is 105 Å². The number of aromatic nitrogens is 3. The zero-order valence-electron chi connectivity index (χ0n) is 22.3. The standard InChI is InChI=1S/C27H35N7O3/c1-18-7-8-19(2)22(17-18)29-24-30-23(28-20-9-11-21(36-6)12-10-20)31-25(32-24)33-13-15-34(16-14-33)26(35)37-27(3,4)5/h7-12,17H,13-16H2,1-6H3,(H2,28,29,30,31,32). The van der Waals surface area contributed by atoms with E-state index in [1.54, 1.807) is 12.0 Å². The first-order chi connectivity index (χ1) is 17.6. The molecule has 196 valence electrons. The van der Waals surface area contributed by atoms with Crippen LogP contribution in [0.15, 0.2) is 42.5 Å². The van der Waals surface area contributed by atoms with E-state index in [2.05, 4.69) is 38.7 Å². The van der Waals surface area contributed by atoms with E-state index in [4.69, 9.17) is 19.4 Å². The van der Waals surface area contributed by atoms with Crippen LogP contribution in [0.1, 0.15) is 31.9 Å². The van der Waals surface area contributed by atoms with Crippen molar-refractivity contribution in [1.29, 1.82) is 0 Å². The van der Waals surface area contributed by atoms with Gasteiger partial charge in [0.15, 0.2) is 0 Å². The quantitative estimate of drug-likeness (QED) is 0.477. The van der Waals surface area contributed by atoms with Crippen molar-refractivity contribution in [3.63, 3.8) is 0 Å². The van der Waals surface area contributed by atoms with E-state index >= 15 is 0 Å². The van der Waals surface area contributed by atoms with Crippen LogP contribution in [0, 0.1) is 13.8 Å². The summed E-state index contributed by atoms with van der Waals surface area (Å²) in [5.74, 6) is 2.14. The molecule has 1 fully saturated rings. The monoisotopic (exact) mass is 505 g/mol. The average Bonchev–Trinajstić information content (AvgIpc) is 2.86. The van der Waals surface area contributed by atoms with Crippen molar-refractivity contribution < 1.29 is 14.3 Å². The molecule has 0 atom stereocenters. The van der Waals surface area contributed by atoms with Crippen molar-refractivity contribution in [3.05, 3.63) is 53.6 Å². The number of rotatable bonds is 6. The summed E-state index contributed by atoms with van der Waals surface area (Å²) in [6.45, 7) is 11.9. The number of nitrogens with one attached hydrogen (secondary N) is 2. The van der Waals surface area contributed by atoms with Crippen molar-refractivity contribution in [1.82, 2.24) is 19.9 Å². The summed E-state index contributed by atoms with van der Waals surface area (Å²) in [6.07, 6.45) is -0.304. The van der Waals surface area contributed by atoms with Gasteiger partial charge in [-0.1, -0.05) is 12.1 Å². The van der Waals surface area contributed by atoms with Crippen LogP contribution in [0.2, 0.25) is 0 Å². The summed E-state index contributed by atoms with van der Waals surface area (Å²) in [5.41, 5.74) is 3.45. The van der Waals surface area contributed by atoms with E-state index in [9.17, 15) is 4.79 Å². The highest BCUT2D eigenvalue weighted by atomic mass is 16.6. The zero-order chi connectivity index (χ0) is 26.6. The molecule has 1 aliphatic rings. The van der Waals surface area contributed by atoms with E-state index < -0.39 is 5.60 Å². The highest BCUT2D eigenvalue weighted by molar-refractivity contribution is 5.68. The number of hydrogen-bond acceptors (Lipinski definition) is 9. The number of amides is 1. The number of nitrogens with zero attached hydrogens (tertiary/aromatic N) is 5. The minimum Gasteiger partial charge on any atom is -0.497 e. The summed E-state index contributed by atoms with van der Waals surface area (Å²) >= 11 is 0. The van der Waals surface area contributed by atoms with Crippen LogP contribution in [0.25, 0.3) is 0 Å². The summed E-state index contributed by atoms with van der Waals surface area (Å²) in [4.78, 5) is 30.3. The van der Waals surface area contributed by atoms with Gasteiger partial charge in [0.2, 0.25) is 17.8 Å². The number of benzene rings is 2. The van der Waals surface area contributed by atoms with Gasteiger partial charge in [-0.3, -0.25) is 0 Å². The molecule has 0 bridgehead atoms. The van der Waals surface area contributed by atoms with Crippen molar-refractivity contribution in [2.75, 3.05) is 48.8 Å². The second-order valence-electron chi connectivity index (χ2n) is 10.0. The summed E-state index contributed by atoms with van der Waals surface area (Å²) in [5, 5.41) is 6.63. The molecule has 0 unspecified atom stereocenters. The Bertz CT molecular complexity index is 1230. The molecule has 1 aromatic heterocycles. The molecule has 2 N–H and O–H groups in total. The maximum atomic E-state index is 12.5. The highest BCUT2D eigenvalue weighted by Gasteiger charge is 2.27. The fourth-order valence-corrected chi connectivity index (χ4v) is 3.83. The lowest BCUT2D eigenvalue weighted by molar-refractivity contribution is 0.0240. The van der Waals surface area contributed by atoms with Crippen LogP contribution in [0.3, 0.4) is 0 Å². The SMILES string of the molecule is COc1ccc(Nc2nc(Nc3cc(C)ccc3C)nc(N3CCN(C(=O)OC(C)(C)C)CC3)n2)cc1. The van der Waals surface area contributed by atoms with Gasteiger partial charge in [-0.25, -0.2) is 4.79 Å². The molecular weight excluding hydrogens is 470 g/mol. The summed E-state index contributed by atoms with van der Waals surface area (Å²) in [6, 6.07) is 13.7. The highest BCUT2D eigenvalue weighted by Crippen LogP contribution is 2.25. The normalized spacial score (nSPS) is 13.8. The van der Waals surface area contributed by atoms with Crippen LogP contribution in [0.4, 0.5) is 34.0 Å². The molecule has 2 heterocycles. The second kappa shape index (κ2) is 10.9. The van der Waals surface area contributed by atoms with Crippen molar-refractivity contribution >= 4 is 35.3 Å². The van der Waals surface area contributed by atoms with E-state index in [1.165, 1.54) is 0 Å². The minimum atomic E-state index is -0.529. The Morgan fingerprint density at radius 1 is 0.892 bits per heavy atom. The number of carbonyl (C=O) groups excluding carboxylic acids is 1. The Labute approximate surface area is 218 Å². The number of methoxy groups -OCH3 is 1. The Kier molecular flexibility index (Phi) is 7.66. The summed E-state index contributed by atoms with van der Waals surface area (Å²) < 4.78 is 10.8. The molecule has 0 saturated carbocycles. The molecule has 10 heteroatoms. The van der Waals surface area contributed by atoms with Crippen LogP contribution < -0.4 is 20.3 Å². The molecule has 1 saturated heterocycles. The summed E-state index contributed by atoms with van der Waals surface area (Å²) in [7, 11) is 1.63. The number of aryl methyl sites for hydroxylation is 2. The van der Waals surface area contributed by atoms with E-state index in [-0.39, 0.29) is 6.09 Å². The number of anilines is 5. The lowest BCUT2D eigenvalue weighted by Crippen LogP contribution is -2.50. The average molecular weight is 506 g/mol. The van der Waals surface area contributed by atoms with Crippen LogP contribution >= 0.6 is 0 Å². The van der Waals surface area contributed by atoms with Crippen molar-refractivity contribution in [2.45, 2.75) is 40.2 Å². The van der Waals surface area contributed by atoms with Gasteiger partial charge < -0.3 is 29.9 Å². The number of piperazine rings is 1. The van der Waals surface area contributed by atoms with Gasteiger partial charge in [-0.2, -0.15) is 15.0 Å². The molecule has 4 rings (SSSR count). The van der Waals surface area contributed by atoms with E-state index in [0.717, 1.165) is 28.3 Å². The molecule has 1 amide bonds. The fourth-order valence-electron chi connectivity index (χ4n) is 3.83. The predicted octanol–water partition coefficient (Wildman–Crippen LogP) is 5.04. The lowest BCUT2D eigenvalue weighted by Gasteiger charge is -2.35. The Morgan fingerprint density at radius 2 is 1.54 bits per heavy atom. The maximum absolute atomic E-state index is 12.5. The van der Waals surface area contributed by atoms with Gasteiger partial charge in [-0.05, 0) is 76.1 Å². The number of hydrogen-bond donors (Lipinski definition) is 2. The third kappa shape index (κ3) is 6.99. The molecule has 1 aliphatic heterocycles. The van der Waals surface area contributed by atoms with Gasteiger partial charge in [0, 0.05) is 37.6 Å². The molecule has 0 radical (unpaired) electrons. The maximum Gasteiger partial charge on any atom is 0.410 e. The lowest BCUT2D eigenvalue weighted by atomic mass is 10.1. The molecule has 0 aliphatic carbocycles. The molecule has 10 nitrogen and oxygen atoms in total. The predicted molar refractivity (Wildman–Crippen MR) is 145 cm³/mol. The third-order valence-electron chi connectivity index (χ3n) is 5.82. The number of ether oxygens (including phenoxy) is 2. The van der Waals surface area contributed by atoms with Crippen molar-refractivity contribution in [3.8, 4) is 5.75 Å². The number of carbonyl (C=O) groups is 1. The molecule has 2 aromatic carbocycles. The minimum absolute atomic E-state index is 0.304. The van der Waals surface area contributed by atoms with Crippen molar-refractivity contribution in [2.24, 2.45) is 0 Å². The Balaban J connectivity index is 1.57. The van der Waals surface area contributed by atoms with Gasteiger partial charge in [0.1, 0.15) is 11.4 Å². The first-order valence-electron chi connectivity index (χ1n) is 12.3. The first kappa shape index (κ1) is 26.0. The second-order valence-corrected chi connectivity index (χ2v) is 10.0. The van der Waals surface area contributed by atoms with Crippen LogP contribution in [0.5, 0.6) is 5.75 Å². The largest absolute Gasteiger partial charge is 0.497 e. The Morgan fingerprint density at radius 3 is 2.16 bits per heavy atom. The van der Waals surface area contributed by atoms with Crippen LogP contribution in [-0.2, 0) is 4.74 Å². The van der Waals surface area contributed by atoms with Gasteiger partial charge in [0.25, 0.3) is 0 Å².